The Kier molecular flexibility index (Phi) is 5.28. The fourth-order valence-electron chi connectivity index (χ4n) is 1.18. The van der Waals surface area contributed by atoms with Gasteiger partial charge in [0.1, 0.15) is 0 Å². The Morgan fingerprint density at radius 3 is 3.07 bits per heavy atom. The highest BCUT2D eigenvalue weighted by atomic mass is 16.5. The van der Waals surface area contributed by atoms with Crippen molar-refractivity contribution in [2.24, 2.45) is 0 Å². The second kappa shape index (κ2) is 6.53. The summed E-state index contributed by atoms with van der Waals surface area (Å²) in [5, 5.41) is 11.1. The first kappa shape index (κ1) is 12.1. The SMILES string of the molecule is CCC(C)OCCn1cc(CNC)nn1. The molecule has 15 heavy (non-hydrogen) atoms. The van der Waals surface area contributed by atoms with Crippen LogP contribution in [0.25, 0.3) is 0 Å². The van der Waals surface area contributed by atoms with Crippen molar-refractivity contribution in [1.82, 2.24) is 20.3 Å². The largest absolute Gasteiger partial charge is 0.377 e. The van der Waals surface area contributed by atoms with E-state index in [-0.39, 0.29) is 0 Å². The molecule has 0 aliphatic carbocycles. The minimum atomic E-state index is 0.324. The summed E-state index contributed by atoms with van der Waals surface area (Å²) in [5.74, 6) is 0. The summed E-state index contributed by atoms with van der Waals surface area (Å²) in [6.07, 6.45) is 3.31. The first-order chi connectivity index (χ1) is 7.26. The second-order valence-corrected chi connectivity index (χ2v) is 3.59. The number of nitrogens with zero attached hydrogens (tertiary/aromatic N) is 3. The zero-order valence-electron chi connectivity index (χ0n) is 9.73. The van der Waals surface area contributed by atoms with Crippen molar-refractivity contribution in [3.05, 3.63) is 11.9 Å². The Hall–Kier alpha value is -0.940. The molecule has 1 aromatic heterocycles. The molecule has 1 aromatic rings. The van der Waals surface area contributed by atoms with Crippen LogP contribution in [0.4, 0.5) is 0 Å². The molecule has 1 atom stereocenters. The Balaban J connectivity index is 2.25. The van der Waals surface area contributed by atoms with Gasteiger partial charge in [-0.1, -0.05) is 12.1 Å². The van der Waals surface area contributed by atoms with Gasteiger partial charge in [-0.25, -0.2) is 4.68 Å². The van der Waals surface area contributed by atoms with Crippen LogP contribution in [-0.4, -0.2) is 34.8 Å². The fourth-order valence-corrected chi connectivity index (χ4v) is 1.18. The number of hydrogen-bond donors (Lipinski definition) is 1. The van der Waals surface area contributed by atoms with Crippen LogP contribution >= 0.6 is 0 Å². The summed E-state index contributed by atoms with van der Waals surface area (Å²) in [5.41, 5.74) is 0.959. The number of ether oxygens (including phenoxy) is 1. The predicted octanol–water partition coefficient (Wildman–Crippen LogP) is 0.813. The molecule has 1 unspecified atom stereocenters. The second-order valence-electron chi connectivity index (χ2n) is 3.59. The molecule has 86 valence electrons. The smallest absolute Gasteiger partial charge is 0.0964 e. The highest BCUT2D eigenvalue weighted by Crippen LogP contribution is 1.97. The molecule has 0 bridgehead atoms. The van der Waals surface area contributed by atoms with Crippen molar-refractivity contribution >= 4 is 0 Å². The third-order valence-corrected chi connectivity index (χ3v) is 2.24. The van der Waals surface area contributed by atoms with E-state index in [0.29, 0.717) is 12.7 Å². The van der Waals surface area contributed by atoms with Crippen molar-refractivity contribution < 1.29 is 4.74 Å². The minimum absolute atomic E-state index is 0.324. The highest BCUT2D eigenvalue weighted by molar-refractivity contribution is 4.90. The zero-order chi connectivity index (χ0) is 11.1. The van der Waals surface area contributed by atoms with E-state index in [4.69, 9.17) is 4.74 Å². The summed E-state index contributed by atoms with van der Waals surface area (Å²) in [4.78, 5) is 0. The van der Waals surface area contributed by atoms with Gasteiger partial charge in [0.2, 0.25) is 0 Å². The third kappa shape index (κ3) is 4.40. The van der Waals surface area contributed by atoms with Crippen LogP contribution in [-0.2, 0) is 17.8 Å². The molecule has 1 N–H and O–H groups in total. The maximum atomic E-state index is 5.56. The molecule has 0 saturated carbocycles. The monoisotopic (exact) mass is 212 g/mol. The van der Waals surface area contributed by atoms with Gasteiger partial charge >= 0.3 is 0 Å². The van der Waals surface area contributed by atoms with Gasteiger partial charge in [-0.3, -0.25) is 0 Å². The van der Waals surface area contributed by atoms with Crippen LogP contribution in [0.5, 0.6) is 0 Å². The minimum Gasteiger partial charge on any atom is -0.377 e. The fraction of sp³-hybridized carbons (Fsp3) is 0.800. The first-order valence-electron chi connectivity index (χ1n) is 5.41. The maximum absolute atomic E-state index is 5.56. The van der Waals surface area contributed by atoms with Crippen LogP contribution in [0.2, 0.25) is 0 Å². The predicted molar refractivity (Wildman–Crippen MR) is 58.5 cm³/mol. The molecule has 0 spiro atoms. The topological polar surface area (TPSA) is 52.0 Å². The van der Waals surface area contributed by atoms with Gasteiger partial charge in [-0.15, -0.1) is 5.10 Å². The van der Waals surface area contributed by atoms with Crippen molar-refractivity contribution in [3.8, 4) is 0 Å². The summed E-state index contributed by atoms with van der Waals surface area (Å²) < 4.78 is 7.37. The van der Waals surface area contributed by atoms with Crippen LogP contribution in [0, 0.1) is 0 Å². The van der Waals surface area contributed by atoms with E-state index in [1.807, 2.05) is 17.9 Å². The standard InChI is InChI=1S/C10H20N4O/c1-4-9(2)15-6-5-14-8-10(7-11-3)12-13-14/h8-9,11H,4-7H2,1-3H3. The van der Waals surface area contributed by atoms with Crippen molar-refractivity contribution in [3.63, 3.8) is 0 Å². The molecule has 1 heterocycles. The van der Waals surface area contributed by atoms with Gasteiger partial charge in [-0.2, -0.15) is 0 Å². The van der Waals surface area contributed by atoms with Gasteiger partial charge in [0.15, 0.2) is 0 Å². The van der Waals surface area contributed by atoms with Gasteiger partial charge in [-0.05, 0) is 20.4 Å². The molecule has 0 saturated heterocycles. The van der Waals surface area contributed by atoms with Crippen molar-refractivity contribution in [2.45, 2.75) is 39.5 Å². The zero-order valence-corrected chi connectivity index (χ0v) is 9.73. The van der Waals surface area contributed by atoms with E-state index in [1.54, 1.807) is 0 Å². The molecule has 1 rings (SSSR count). The van der Waals surface area contributed by atoms with Gasteiger partial charge in [0.25, 0.3) is 0 Å². The molecule has 0 aliphatic rings. The molecular weight excluding hydrogens is 192 g/mol. The Morgan fingerprint density at radius 2 is 2.40 bits per heavy atom. The van der Waals surface area contributed by atoms with Crippen molar-refractivity contribution in [1.29, 1.82) is 0 Å². The Bertz CT molecular complexity index is 274. The molecule has 0 radical (unpaired) electrons. The molecule has 5 heteroatoms. The van der Waals surface area contributed by atoms with E-state index >= 15 is 0 Å². The maximum Gasteiger partial charge on any atom is 0.0964 e. The van der Waals surface area contributed by atoms with Crippen LogP contribution in [0.1, 0.15) is 26.0 Å². The van der Waals surface area contributed by atoms with E-state index in [0.717, 1.165) is 25.2 Å². The van der Waals surface area contributed by atoms with Crippen LogP contribution in [0.15, 0.2) is 6.20 Å². The molecule has 0 aliphatic heterocycles. The van der Waals surface area contributed by atoms with Crippen LogP contribution < -0.4 is 5.32 Å². The average Bonchev–Trinajstić information content (AvgIpc) is 2.66. The molecular formula is C10H20N4O. The first-order valence-corrected chi connectivity index (χ1v) is 5.41. The van der Waals surface area contributed by atoms with Crippen LogP contribution in [0.3, 0.4) is 0 Å². The number of rotatable bonds is 7. The van der Waals surface area contributed by atoms with Gasteiger partial charge < -0.3 is 10.1 Å². The molecule has 5 nitrogen and oxygen atoms in total. The summed E-state index contributed by atoms with van der Waals surface area (Å²) >= 11 is 0. The molecule has 0 fully saturated rings. The average molecular weight is 212 g/mol. The van der Waals surface area contributed by atoms with Crippen molar-refractivity contribution in [2.75, 3.05) is 13.7 Å². The quantitative estimate of drug-likeness (QED) is 0.727. The Labute approximate surface area is 90.8 Å². The lowest BCUT2D eigenvalue weighted by atomic mass is 10.3. The summed E-state index contributed by atoms with van der Waals surface area (Å²) in [6.45, 7) is 6.41. The van der Waals surface area contributed by atoms with E-state index in [2.05, 4.69) is 29.5 Å². The lowest BCUT2D eigenvalue weighted by Gasteiger charge is -2.09. The third-order valence-electron chi connectivity index (χ3n) is 2.24. The molecule has 0 aromatic carbocycles. The molecule has 0 amide bonds. The lowest BCUT2D eigenvalue weighted by molar-refractivity contribution is 0.0562. The normalized spacial score (nSPS) is 13.0. The van der Waals surface area contributed by atoms with Gasteiger partial charge in [0, 0.05) is 12.7 Å². The van der Waals surface area contributed by atoms with E-state index in [9.17, 15) is 0 Å². The van der Waals surface area contributed by atoms with Gasteiger partial charge in [0.05, 0.1) is 24.9 Å². The van der Waals surface area contributed by atoms with E-state index in [1.165, 1.54) is 0 Å². The number of hydrogen-bond acceptors (Lipinski definition) is 4. The number of aromatic nitrogens is 3. The lowest BCUT2D eigenvalue weighted by Crippen LogP contribution is -2.12. The summed E-state index contributed by atoms with van der Waals surface area (Å²) in [7, 11) is 1.89. The van der Waals surface area contributed by atoms with E-state index < -0.39 is 0 Å². The summed E-state index contributed by atoms with van der Waals surface area (Å²) in [6, 6.07) is 0. The Morgan fingerprint density at radius 1 is 1.60 bits per heavy atom. The number of nitrogens with one attached hydrogen (secondary N) is 1. The highest BCUT2D eigenvalue weighted by Gasteiger charge is 2.01.